The van der Waals surface area contributed by atoms with E-state index in [9.17, 15) is 0 Å². The maximum Gasteiger partial charge on any atom is 0.0173 e. The van der Waals surface area contributed by atoms with Gasteiger partial charge in [0, 0.05) is 17.5 Å². The van der Waals surface area contributed by atoms with Crippen LogP contribution in [0.1, 0.15) is 127 Å². The van der Waals surface area contributed by atoms with Crippen LogP contribution in [0.5, 0.6) is 0 Å². The van der Waals surface area contributed by atoms with Gasteiger partial charge in [-0.1, -0.05) is 76.6 Å². The van der Waals surface area contributed by atoms with E-state index in [-0.39, 0.29) is 5.41 Å². The second-order valence-electron chi connectivity index (χ2n) is 11.5. The molecule has 1 aromatic carbocycles. The Morgan fingerprint density at radius 2 is 1.33 bits per heavy atom. The second kappa shape index (κ2) is 11.5. The molecule has 184 valence electrons. The zero-order valence-electron chi connectivity index (χ0n) is 22.0. The van der Waals surface area contributed by atoms with Gasteiger partial charge in [0.15, 0.2) is 0 Å². The first-order valence-electron chi connectivity index (χ1n) is 14.4. The minimum absolute atomic E-state index is 0.149. The quantitative estimate of drug-likeness (QED) is 0.381. The molecule has 2 saturated carbocycles. The van der Waals surface area contributed by atoms with E-state index in [0.717, 1.165) is 24.9 Å². The van der Waals surface area contributed by atoms with Crippen LogP contribution in [0, 0.1) is 5.92 Å². The van der Waals surface area contributed by atoms with Crippen molar-refractivity contribution in [2.45, 2.75) is 128 Å². The molecule has 2 fully saturated rings. The Kier molecular flexibility index (Phi) is 8.74. The number of allylic oxidation sites excluding steroid dienone is 2. The first-order chi connectivity index (χ1) is 16.1. The van der Waals surface area contributed by atoms with Crippen molar-refractivity contribution >= 4 is 5.57 Å². The zero-order chi connectivity index (χ0) is 23.3. The van der Waals surface area contributed by atoms with E-state index in [1.807, 2.05) is 0 Å². The third kappa shape index (κ3) is 5.59. The molecule has 33 heavy (non-hydrogen) atoms. The molecule has 0 amide bonds. The van der Waals surface area contributed by atoms with Crippen LogP contribution < -0.4 is 10.6 Å². The lowest BCUT2D eigenvalue weighted by molar-refractivity contribution is 0.345. The SMILES string of the molecule is CCNC(C)CC1(CC(C)NCC)C=C(C2CCCCC2)c2c(C3CCCCC3)cccc21. The molecule has 0 spiro atoms. The van der Waals surface area contributed by atoms with Crippen molar-refractivity contribution in [3.63, 3.8) is 0 Å². The fourth-order valence-corrected chi connectivity index (χ4v) is 7.60. The Hall–Kier alpha value is -1.12. The van der Waals surface area contributed by atoms with Gasteiger partial charge in [0.05, 0.1) is 0 Å². The lowest BCUT2D eigenvalue weighted by Crippen LogP contribution is -2.40. The van der Waals surface area contributed by atoms with Gasteiger partial charge in [-0.05, 0) is 99.6 Å². The smallest absolute Gasteiger partial charge is 0.0173 e. The Balaban J connectivity index is 1.81. The van der Waals surface area contributed by atoms with Crippen LogP contribution in [0.25, 0.3) is 5.57 Å². The topological polar surface area (TPSA) is 24.1 Å². The van der Waals surface area contributed by atoms with Crippen LogP contribution in [0.2, 0.25) is 0 Å². The van der Waals surface area contributed by atoms with Crippen LogP contribution in [-0.4, -0.2) is 25.2 Å². The van der Waals surface area contributed by atoms with Crippen molar-refractivity contribution in [3.05, 3.63) is 41.0 Å². The molecule has 0 bridgehead atoms. The fraction of sp³-hybridized carbons (Fsp3) is 0.742. The summed E-state index contributed by atoms with van der Waals surface area (Å²) in [5.74, 6) is 1.54. The van der Waals surface area contributed by atoms with Gasteiger partial charge in [-0.2, -0.15) is 0 Å². The Bertz CT molecular complexity index is 768. The van der Waals surface area contributed by atoms with E-state index in [4.69, 9.17) is 0 Å². The molecule has 4 rings (SSSR count). The Morgan fingerprint density at radius 3 is 1.88 bits per heavy atom. The van der Waals surface area contributed by atoms with Crippen LogP contribution in [0.3, 0.4) is 0 Å². The van der Waals surface area contributed by atoms with E-state index in [1.54, 1.807) is 22.3 Å². The number of hydrogen-bond donors (Lipinski definition) is 2. The molecular weight excluding hydrogens is 400 g/mol. The minimum atomic E-state index is 0.149. The van der Waals surface area contributed by atoms with Crippen LogP contribution >= 0.6 is 0 Å². The average Bonchev–Trinajstić information content (AvgIpc) is 3.14. The van der Waals surface area contributed by atoms with Gasteiger partial charge in [0.2, 0.25) is 0 Å². The first kappa shape index (κ1) is 25.0. The highest BCUT2D eigenvalue weighted by Gasteiger charge is 2.43. The molecule has 2 atom stereocenters. The molecule has 0 aliphatic heterocycles. The molecule has 1 aromatic rings. The van der Waals surface area contributed by atoms with E-state index in [0.29, 0.717) is 12.1 Å². The van der Waals surface area contributed by atoms with E-state index >= 15 is 0 Å². The molecule has 0 aromatic heterocycles. The predicted octanol–water partition coefficient (Wildman–Crippen LogP) is 7.73. The molecule has 3 aliphatic carbocycles. The molecule has 2 unspecified atom stereocenters. The summed E-state index contributed by atoms with van der Waals surface area (Å²) in [6.07, 6.45) is 19.3. The molecule has 0 saturated heterocycles. The molecule has 3 aliphatic rings. The fourth-order valence-electron chi connectivity index (χ4n) is 7.60. The monoisotopic (exact) mass is 450 g/mol. The maximum atomic E-state index is 3.76. The van der Waals surface area contributed by atoms with Crippen LogP contribution in [0.4, 0.5) is 0 Å². The van der Waals surface area contributed by atoms with E-state index < -0.39 is 0 Å². The highest BCUT2D eigenvalue weighted by molar-refractivity contribution is 5.80. The van der Waals surface area contributed by atoms with Crippen molar-refractivity contribution in [2.75, 3.05) is 13.1 Å². The highest BCUT2D eigenvalue weighted by Crippen LogP contribution is 2.54. The van der Waals surface area contributed by atoms with Gasteiger partial charge in [0.1, 0.15) is 0 Å². The molecule has 2 heteroatoms. The number of nitrogens with one attached hydrogen (secondary N) is 2. The average molecular weight is 451 g/mol. The molecule has 0 heterocycles. The van der Waals surface area contributed by atoms with Crippen LogP contribution in [0.15, 0.2) is 24.3 Å². The number of rotatable bonds is 10. The summed E-state index contributed by atoms with van der Waals surface area (Å²) in [6.45, 7) is 11.4. The normalized spacial score (nSPS) is 26.1. The van der Waals surface area contributed by atoms with Crippen molar-refractivity contribution < 1.29 is 0 Å². The summed E-state index contributed by atoms with van der Waals surface area (Å²) in [6, 6.07) is 8.49. The third-order valence-electron chi connectivity index (χ3n) is 8.89. The van der Waals surface area contributed by atoms with Gasteiger partial charge >= 0.3 is 0 Å². The maximum absolute atomic E-state index is 3.76. The molecular formula is C31H50N2. The number of hydrogen-bond acceptors (Lipinski definition) is 2. The number of benzene rings is 1. The summed E-state index contributed by atoms with van der Waals surface area (Å²) in [5.41, 5.74) is 6.98. The van der Waals surface area contributed by atoms with Crippen molar-refractivity contribution in [1.29, 1.82) is 0 Å². The van der Waals surface area contributed by atoms with Crippen molar-refractivity contribution in [3.8, 4) is 0 Å². The summed E-state index contributed by atoms with van der Waals surface area (Å²) in [4.78, 5) is 0. The van der Waals surface area contributed by atoms with Gasteiger partial charge in [-0.25, -0.2) is 0 Å². The van der Waals surface area contributed by atoms with E-state index in [1.165, 1.54) is 77.0 Å². The minimum Gasteiger partial charge on any atom is -0.314 e. The summed E-state index contributed by atoms with van der Waals surface area (Å²) < 4.78 is 0. The zero-order valence-corrected chi connectivity index (χ0v) is 22.0. The Labute approximate surface area is 204 Å². The predicted molar refractivity (Wildman–Crippen MR) is 144 cm³/mol. The summed E-state index contributed by atoms with van der Waals surface area (Å²) in [5, 5.41) is 7.51. The van der Waals surface area contributed by atoms with Crippen molar-refractivity contribution in [1.82, 2.24) is 10.6 Å². The standard InChI is InChI=1S/C31H50N2/c1-5-32-23(3)20-31(21-24(4)33-6-2)22-28(26-16-11-8-12-17-26)30-27(18-13-19-29(30)31)25-14-9-7-10-15-25/h13,18-19,22-26,32-33H,5-12,14-17,20-21H2,1-4H3. The van der Waals surface area contributed by atoms with Crippen molar-refractivity contribution in [2.24, 2.45) is 5.92 Å². The largest absolute Gasteiger partial charge is 0.314 e. The first-order valence-corrected chi connectivity index (χ1v) is 14.4. The van der Waals surface area contributed by atoms with Crippen LogP contribution in [-0.2, 0) is 5.41 Å². The molecule has 2 N–H and O–H groups in total. The lowest BCUT2D eigenvalue weighted by atomic mass is 9.71. The third-order valence-corrected chi connectivity index (χ3v) is 8.89. The lowest BCUT2D eigenvalue weighted by Gasteiger charge is -2.35. The number of fused-ring (bicyclic) bond motifs is 1. The second-order valence-corrected chi connectivity index (χ2v) is 11.5. The molecule has 2 nitrogen and oxygen atoms in total. The highest BCUT2D eigenvalue weighted by atomic mass is 14.9. The van der Waals surface area contributed by atoms with Gasteiger partial charge in [-0.15, -0.1) is 0 Å². The summed E-state index contributed by atoms with van der Waals surface area (Å²) >= 11 is 0. The summed E-state index contributed by atoms with van der Waals surface area (Å²) in [7, 11) is 0. The van der Waals surface area contributed by atoms with Gasteiger partial charge < -0.3 is 10.6 Å². The van der Waals surface area contributed by atoms with Gasteiger partial charge in [0.25, 0.3) is 0 Å². The molecule has 0 radical (unpaired) electrons. The Morgan fingerprint density at radius 1 is 0.788 bits per heavy atom. The van der Waals surface area contributed by atoms with E-state index in [2.05, 4.69) is 62.6 Å². The van der Waals surface area contributed by atoms with Gasteiger partial charge in [-0.3, -0.25) is 0 Å².